The van der Waals surface area contributed by atoms with Gasteiger partial charge in [0.15, 0.2) is 0 Å². The predicted octanol–water partition coefficient (Wildman–Crippen LogP) is 2.15. The molecular weight excluding hydrogens is 496 g/mol. The van der Waals surface area contributed by atoms with Crippen LogP contribution in [-0.2, 0) is 20.9 Å². The van der Waals surface area contributed by atoms with Crippen molar-refractivity contribution in [2.24, 2.45) is 0 Å². The van der Waals surface area contributed by atoms with E-state index in [9.17, 15) is 31.9 Å². The molecule has 0 bridgehead atoms. The van der Waals surface area contributed by atoms with Crippen LogP contribution >= 0.6 is 11.3 Å². The van der Waals surface area contributed by atoms with Crippen molar-refractivity contribution in [3.63, 3.8) is 0 Å². The molecule has 192 valence electrons. The molecule has 0 atom stereocenters. The Labute approximate surface area is 201 Å². The first kappa shape index (κ1) is 27.9. The fourth-order valence-corrected chi connectivity index (χ4v) is 4.06. The molecule has 0 fully saturated rings. The molecule has 2 rings (SSSR count). The van der Waals surface area contributed by atoms with E-state index in [1.165, 1.54) is 11.0 Å². The van der Waals surface area contributed by atoms with Gasteiger partial charge in [-0.15, -0.1) is 11.3 Å². The molecule has 0 saturated heterocycles. The molecule has 1 aromatic heterocycles. The van der Waals surface area contributed by atoms with Crippen LogP contribution in [0.3, 0.4) is 0 Å². The molecule has 2 aromatic rings. The second kappa shape index (κ2) is 12.9. The van der Waals surface area contributed by atoms with Gasteiger partial charge in [0.25, 0.3) is 5.56 Å². The molecular formula is C22H24F4N2O6S. The van der Waals surface area contributed by atoms with E-state index in [2.05, 4.69) is 9.47 Å². The summed E-state index contributed by atoms with van der Waals surface area (Å²) in [5, 5.41) is 0. The molecule has 0 aliphatic carbocycles. The van der Waals surface area contributed by atoms with Gasteiger partial charge in [-0.3, -0.25) is 14.2 Å². The van der Waals surface area contributed by atoms with Crippen LogP contribution < -0.4 is 24.2 Å². The highest BCUT2D eigenvalue weighted by Gasteiger charge is 2.16. The Hall–Kier alpha value is -3.35. The third-order valence-corrected chi connectivity index (χ3v) is 5.65. The molecule has 1 aromatic carbocycles. The zero-order valence-corrected chi connectivity index (χ0v) is 20.0. The van der Waals surface area contributed by atoms with Crippen LogP contribution in [-0.4, -0.2) is 54.3 Å². The molecule has 0 spiro atoms. The van der Waals surface area contributed by atoms with Crippen molar-refractivity contribution in [2.45, 2.75) is 40.5 Å². The lowest BCUT2D eigenvalue weighted by Gasteiger charge is -2.18. The van der Waals surface area contributed by atoms with Gasteiger partial charge in [-0.05, 0) is 39.0 Å². The van der Waals surface area contributed by atoms with Crippen molar-refractivity contribution in [1.82, 2.24) is 9.47 Å². The minimum atomic E-state index is -3.27. The Balaban J connectivity index is 2.66. The highest BCUT2D eigenvalue weighted by molar-refractivity contribution is 7.07. The van der Waals surface area contributed by atoms with Crippen LogP contribution in [0.25, 0.3) is 12.2 Å². The summed E-state index contributed by atoms with van der Waals surface area (Å²) in [5.74, 6) is -2.03. The maximum atomic E-state index is 13.1. The number of thiazole rings is 1. The fraction of sp³-hybridized carbons (Fsp3) is 0.409. The monoisotopic (exact) mass is 520 g/mol. The first-order valence-electron chi connectivity index (χ1n) is 10.5. The van der Waals surface area contributed by atoms with Crippen LogP contribution in [0.15, 0.2) is 23.0 Å². The quantitative estimate of drug-likeness (QED) is 0.334. The van der Waals surface area contributed by atoms with E-state index in [0.29, 0.717) is 13.1 Å². The summed E-state index contributed by atoms with van der Waals surface area (Å²) in [6.07, 6.45) is 2.25. The number of hydrogen-bond donors (Lipinski definition) is 0. The Kier molecular flexibility index (Phi) is 10.3. The van der Waals surface area contributed by atoms with Gasteiger partial charge in [0.1, 0.15) is 22.7 Å². The number of amides is 1. The van der Waals surface area contributed by atoms with Gasteiger partial charge in [-0.25, -0.2) is 4.79 Å². The van der Waals surface area contributed by atoms with E-state index < -0.39 is 36.3 Å². The lowest BCUT2D eigenvalue weighted by molar-refractivity contribution is -0.135. The van der Waals surface area contributed by atoms with Crippen LogP contribution in [0.2, 0.25) is 0 Å². The van der Waals surface area contributed by atoms with Crippen molar-refractivity contribution >= 4 is 35.4 Å². The molecule has 8 nitrogen and oxygen atoms in total. The van der Waals surface area contributed by atoms with E-state index in [1.54, 1.807) is 20.8 Å². The lowest BCUT2D eigenvalue weighted by atomic mass is 10.2. The van der Waals surface area contributed by atoms with Gasteiger partial charge in [0.2, 0.25) is 5.91 Å². The van der Waals surface area contributed by atoms with Crippen molar-refractivity contribution < 1.29 is 41.4 Å². The number of carbonyl (C=O) groups excluding carboxylic acids is 2. The van der Waals surface area contributed by atoms with Gasteiger partial charge in [0, 0.05) is 24.7 Å². The number of aromatic nitrogens is 1. The Morgan fingerprint density at radius 1 is 1.09 bits per heavy atom. The molecule has 0 aliphatic heterocycles. The standard InChI is InChI=1S/C22H24F4N2O6S/c1-4-27(5-2)17(29)12-28-18(11-19(30)32-6-3)35-16(20(28)31)9-13-7-8-14(33-21(23)24)10-15(13)34-22(25)26/h7-11,21-22H,4-6,12H2,1-3H3/b16-9-,18-11-. The number of esters is 1. The van der Waals surface area contributed by atoms with Crippen LogP contribution in [0.1, 0.15) is 26.3 Å². The topological polar surface area (TPSA) is 87.1 Å². The van der Waals surface area contributed by atoms with E-state index in [4.69, 9.17) is 4.74 Å². The van der Waals surface area contributed by atoms with E-state index in [1.807, 2.05) is 0 Å². The second-order valence-corrected chi connectivity index (χ2v) is 7.82. The Bertz CT molecular complexity index is 1210. The van der Waals surface area contributed by atoms with E-state index in [-0.39, 0.29) is 33.8 Å². The van der Waals surface area contributed by atoms with Crippen LogP contribution in [0.5, 0.6) is 11.5 Å². The summed E-state index contributed by atoms with van der Waals surface area (Å²) >= 11 is 0.820. The third-order valence-electron chi connectivity index (χ3n) is 4.59. The van der Waals surface area contributed by atoms with E-state index >= 15 is 0 Å². The molecule has 0 saturated carbocycles. The van der Waals surface area contributed by atoms with Crippen molar-refractivity contribution in [3.05, 3.63) is 43.3 Å². The molecule has 0 unspecified atom stereocenters. The Morgan fingerprint density at radius 2 is 1.74 bits per heavy atom. The number of benzene rings is 1. The number of carbonyl (C=O) groups is 2. The highest BCUT2D eigenvalue weighted by Crippen LogP contribution is 2.28. The summed E-state index contributed by atoms with van der Waals surface area (Å²) in [7, 11) is 0. The normalized spacial score (nSPS) is 12.4. The number of likely N-dealkylation sites (N-methyl/N-ethyl adjacent to an activating group) is 1. The SMILES string of the molecule is CCOC(=O)/C=c1\s/c(=C\c2ccc(OC(F)F)cc2OC(F)F)c(=O)n1CC(=O)N(CC)CC. The summed E-state index contributed by atoms with van der Waals surface area (Å²) in [4.78, 5) is 39.2. The number of nitrogens with zero attached hydrogens (tertiary/aromatic N) is 2. The lowest BCUT2D eigenvalue weighted by Crippen LogP contribution is -2.40. The number of hydrogen-bond acceptors (Lipinski definition) is 7. The zero-order valence-electron chi connectivity index (χ0n) is 19.1. The smallest absolute Gasteiger partial charge is 0.387 e. The zero-order chi connectivity index (χ0) is 26.1. The molecule has 1 heterocycles. The molecule has 0 radical (unpaired) electrons. The van der Waals surface area contributed by atoms with Gasteiger partial charge in [0.05, 0.1) is 17.2 Å². The van der Waals surface area contributed by atoms with E-state index in [0.717, 1.165) is 40.2 Å². The number of rotatable bonds is 11. The molecule has 0 aliphatic rings. The third kappa shape index (κ3) is 7.84. The fourth-order valence-electron chi connectivity index (χ4n) is 3.04. The van der Waals surface area contributed by atoms with Crippen molar-refractivity contribution in [2.75, 3.05) is 19.7 Å². The van der Waals surface area contributed by atoms with Crippen LogP contribution in [0.4, 0.5) is 17.6 Å². The van der Waals surface area contributed by atoms with Crippen molar-refractivity contribution in [3.8, 4) is 11.5 Å². The van der Waals surface area contributed by atoms with Gasteiger partial charge >= 0.3 is 19.2 Å². The summed E-state index contributed by atoms with van der Waals surface area (Å²) in [6, 6.07) is 3.10. The van der Waals surface area contributed by atoms with Gasteiger partial charge in [-0.2, -0.15) is 17.6 Å². The second-order valence-electron chi connectivity index (χ2n) is 6.76. The molecule has 0 N–H and O–H groups in total. The predicted molar refractivity (Wildman–Crippen MR) is 120 cm³/mol. The van der Waals surface area contributed by atoms with Crippen molar-refractivity contribution in [1.29, 1.82) is 0 Å². The minimum Gasteiger partial charge on any atom is -0.463 e. The largest absolute Gasteiger partial charge is 0.463 e. The summed E-state index contributed by atoms with van der Waals surface area (Å²) in [5.41, 5.74) is -0.697. The summed E-state index contributed by atoms with van der Waals surface area (Å²) in [6.45, 7) is -0.773. The highest BCUT2D eigenvalue weighted by atomic mass is 32.1. The minimum absolute atomic E-state index is 0.0189. The maximum absolute atomic E-state index is 13.1. The Morgan fingerprint density at radius 3 is 2.31 bits per heavy atom. The number of alkyl halides is 4. The molecule has 35 heavy (non-hydrogen) atoms. The molecule has 1 amide bonds. The number of ether oxygens (including phenoxy) is 3. The average Bonchev–Trinajstić information content (AvgIpc) is 3.04. The average molecular weight is 521 g/mol. The maximum Gasteiger partial charge on any atom is 0.387 e. The first-order valence-corrected chi connectivity index (χ1v) is 11.3. The molecule has 13 heteroatoms. The summed E-state index contributed by atoms with van der Waals surface area (Å²) < 4.78 is 65.5. The van der Waals surface area contributed by atoms with Gasteiger partial charge < -0.3 is 19.1 Å². The van der Waals surface area contributed by atoms with Crippen LogP contribution in [0, 0.1) is 0 Å². The number of halogens is 4. The van der Waals surface area contributed by atoms with Gasteiger partial charge in [-0.1, -0.05) is 0 Å². The first-order chi connectivity index (χ1) is 16.6.